The van der Waals surface area contributed by atoms with Crippen molar-refractivity contribution in [1.29, 1.82) is 1.34 Å². The molecule has 0 saturated carbocycles. The van der Waals surface area contributed by atoms with Crippen molar-refractivity contribution in [3.8, 4) is 0 Å². The van der Waals surface area contributed by atoms with Crippen LogP contribution < -0.4 is 0 Å². The van der Waals surface area contributed by atoms with E-state index >= 15 is 0 Å². The Morgan fingerprint density at radius 3 is 1.60 bits per heavy atom. The van der Waals surface area contributed by atoms with Crippen molar-refractivity contribution in [3.63, 3.8) is 0 Å². The molecule has 2 nitrogen and oxygen atoms in total. The van der Waals surface area contributed by atoms with Gasteiger partial charge in [-0.1, -0.05) is 78.5 Å². The predicted molar refractivity (Wildman–Crippen MR) is 193 cm³/mol. The Balaban J connectivity index is -0.000000497. The molecular weight excluding hydrogens is 659 g/mol. The van der Waals surface area contributed by atoms with Crippen molar-refractivity contribution < 1.29 is 10.2 Å². The summed E-state index contributed by atoms with van der Waals surface area (Å²) in [6, 6.07) is 15.9. The molecule has 0 aliphatic heterocycles. The summed E-state index contributed by atoms with van der Waals surface area (Å²) >= 11 is 1.53. The molecule has 0 aromatic heterocycles. The zero-order valence-corrected chi connectivity index (χ0v) is 29.3. The van der Waals surface area contributed by atoms with Crippen molar-refractivity contribution in [2.24, 2.45) is 0 Å². The molecule has 7 heteroatoms. The number of benzene rings is 2. The Labute approximate surface area is 265 Å². The van der Waals surface area contributed by atoms with Crippen LogP contribution in [-0.2, 0) is 12.8 Å². The van der Waals surface area contributed by atoms with Crippen molar-refractivity contribution >= 4 is 62.9 Å². The molecule has 0 unspecified atom stereocenters. The summed E-state index contributed by atoms with van der Waals surface area (Å²) in [6.07, 6.45) is 11.7. The van der Waals surface area contributed by atoms with E-state index in [1.54, 1.807) is 13.3 Å². The van der Waals surface area contributed by atoms with Gasteiger partial charge in [0.25, 0.3) is 0 Å². The van der Waals surface area contributed by atoms with Crippen LogP contribution in [0, 0.1) is 0 Å². The number of hydrogen-bond donors (Lipinski definition) is 2. The molecule has 0 atom stereocenters. The zero-order chi connectivity index (χ0) is 30.7. The van der Waals surface area contributed by atoms with Gasteiger partial charge in [0.05, 0.1) is 0 Å². The summed E-state index contributed by atoms with van der Waals surface area (Å²) in [5.74, 6) is 0. The Bertz CT molecular complexity index is 863. The van der Waals surface area contributed by atoms with E-state index in [0.29, 0.717) is 6.42 Å². The van der Waals surface area contributed by atoms with Crippen LogP contribution in [0.3, 0.4) is 0 Å². The summed E-state index contributed by atoms with van der Waals surface area (Å²) in [6.45, 7) is 15.2. The van der Waals surface area contributed by atoms with Gasteiger partial charge in [-0.05, 0) is 36.9 Å². The van der Waals surface area contributed by atoms with Gasteiger partial charge in [-0.25, -0.2) is 0 Å². The van der Waals surface area contributed by atoms with E-state index in [1.165, 1.54) is 38.5 Å². The Morgan fingerprint density at radius 1 is 0.825 bits per heavy atom. The Morgan fingerprint density at radius 2 is 1.23 bits per heavy atom. The molecule has 2 aromatic rings. The second-order valence-corrected chi connectivity index (χ2v) is 23.6. The van der Waals surface area contributed by atoms with Gasteiger partial charge in [0.1, 0.15) is 0 Å². The average molecular weight is 718 g/mol. The largest absolute Gasteiger partial charge is 0.396 e. The van der Waals surface area contributed by atoms with E-state index in [1.807, 2.05) is 54.6 Å². The summed E-state index contributed by atoms with van der Waals surface area (Å²) < 4.78 is 14.4. The number of halogens is 1. The molecule has 0 heterocycles. The van der Waals surface area contributed by atoms with Gasteiger partial charge < -0.3 is 10.2 Å². The molecule has 0 bridgehead atoms. The van der Waals surface area contributed by atoms with Crippen LogP contribution >= 0.6 is 15.9 Å². The number of aliphatic hydroxyl groups is 2. The van der Waals surface area contributed by atoms with Crippen LogP contribution in [0.25, 0.3) is 6.08 Å². The van der Waals surface area contributed by atoms with Crippen LogP contribution in [0.1, 0.15) is 83.4 Å². The quantitative estimate of drug-likeness (QED) is 0.181. The SMILES string of the molecule is C.C=Cc1ccccc1CCO.C=[CH][Sn]([CH2]CCC)([CH2]CCC)[CH2]CCC.OCCc1ccccc1Br.[3H]B([B])[B]. The van der Waals surface area contributed by atoms with E-state index in [4.69, 9.17) is 11.5 Å². The van der Waals surface area contributed by atoms with E-state index in [-0.39, 0.29) is 20.6 Å². The molecule has 220 valence electrons. The molecule has 0 spiro atoms. The van der Waals surface area contributed by atoms with Gasteiger partial charge >= 0.3 is 102 Å². The Kier molecular flexibility index (Phi) is 32.4. The number of hydrogen-bond acceptors (Lipinski definition) is 2. The third-order valence-electron chi connectivity index (χ3n) is 6.51. The molecule has 0 aliphatic carbocycles. The first-order valence-electron chi connectivity index (χ1n) is 15.0. The number of aliphatic hydroxyl groups excluding tert-OH is 2. The molecule has 0 amide bonds. The maximum Gasteiger partial charge on any atom is 0.0471 e. The van der Waals surface area contributed by atoms with Crippen LogP contribution in [-0.4, -0.2) is 65.6 Å². The molecule has 0 fully saturated rings. The fourth-order valence-electron chi connectivity index (χ4n) is 4.17. The maximum absolute atomic E-state index is 8.71. The first-order chi connectivity index (χ1) is 19.2. The van der Waals surface area contributed by atoms with Gasteiger partial charge in [0.2, 0.25) is 0 Å². The molecule has 40 heavy (non-hydrogen) atoms. The Hall–Kier alpha value is -0.686. The van der Waals surface area contributed by atoms with Gasteiger partial charge in [0.15, 0.2) is 0 Å². The fraction of sp³-hybridized carbons (Fsp3) is 0.515. The summed E-state index contributed by atoms with van der Waals surface area (Å²) in [4.78, 5) is 0. The van der Waals surface area contributed by atoms with Crippen LogP contribution in [0.15, 0.2) is 70.3 Å². The molecule has 2 rings (SSSR count). The standard InChI is InChI=1S/C10H12O.C8H9BrO.3C4H9.C2H3.CH4.B3H.Sn/c1-2-9-5-3-4-6-10(9)7-8-11;9-8-4-2-1-3-7(8)5-6-10;3*1-3-4-2;1-2;;1-3-2;/h2-6,11H,1,7-8H2;1-4,10H,5-6H2;3*1,3-4H2,2H3;1H,2H2;1H4;3H;/i;;;;;;;3T;. The second-order valence-electron chi connectivity index (χ2n) is 9.51. The van der Waals surface area contributed by atoms with E-state index in [9.17, 15) is 0 Å². The molecule has 0 saturated heterocycles. The predicted octanol–water partition coefficient (Wildman–Crippen LogP) is 8.64. The summed E-state index contributed by atoms with van der Waals surface area (Å²) in [5.41, 5.74) is 3.43. The van der Waals surface area contributed by atoms with Gasteiger partial charge in [0, 0.05) is 40.2 Å². The van der Waals surface area contributed by atoms with Gasteiger partial charge in [-0.3, -0.25) is 0 Å². The molecule has 2 N–H and O–H groups in total. The van der Waals surface area contributed by atoms with Crippen LogP contribution in [0.5, 0.6) is 0 Å². The van der Waals surface area contributed by atoms with Crippen molar-refractivity contribution in [2.75, 3.05) is 13.2 Å². The monoisotopic (exact) mass is 718 g/mol. The number of unbranched alkanes of at least 4 members (excludes halogenated alkanes) is 3. The normalized spacial score (nSPS) is 10.1. The minimum Gasteiger partial charge on any atom is -0.396 e. The average Bonchev–Trinajstić information content (AvgIpc) is 2.95. The first-order valence-corrected chi connectivity index (χ1v) is 22.9. The van der Waals surface area contributed by atoms with Crippen LogP contribution in [0.2, 0.25) is 13.3 Å². The van der Waals surface area contributed by atoms with E-state index in [2.05, 4.69) is 69.4 Å². The molecule has 2 aromatic carbocycles. The molecular formula is C33H56B3BrO2Sn. The summed E-state index contributed by atoms with van der Waals surface area (Å²) in [5, 5.41) is 17.3. The molecule has 4 radical (unpaired) electrons. The van der Waals surface area contributed by atoms with E-state index < -0.39 is 25.4 Å². The topological polar surface area (TPSA) is 40.5 Å². The minimum absolute atomic E-state index is 0. The van der Waals surface area contributed by atoms with Gasteiger partial charge in [-0.15, -0.1) is 0 Å². The fourth-order valence-corrected chi connectivity index (χ4v) is 17.6. The second kappa shape index (κ2) is 31.3. The smallest absolute Gasteiger partial charge is 0.0471 e. The minimum atomic E-state index is -1.85. The first kappa shape index (κ1) is 41.4. The third kappa shape index (κ3) is 22.0. The van der Waals surface area contributed by atoms with Crippen molar-refractivity contribution in [1.82, 2.24) is 0 Å². The van der Waals surface area contributed by atoms with Crippen LogP contribution in [0.4, 0.5) is 0 Å². The van der Waals surface area contributed by atoms with Gasteiger partial charge in [-0.2, -0.15) is 0 Å². The molecule has 0 aliphatic rings. The maximum atomic E-state index is 8.71. The zero-order valence-electron chi connectivity index (χ0n) is 25.9. The number of rotatable bonds is 15. The summed E-state index contributed by atoms with van der Waals surface area (Å²) in [7, 11) is 8.19. The van der Waals surface area contributed by atoms with E-state index in [0.717, 1.165) is 27.6 Å². The van der Waals surface area contributed by atoms with Crippen molar-refractivity contribution in [2.45, 2.75) is 92.9 Å². The third-order valence-corrected chi connectivity index (χ3v) is 21.3. The van der Waals surface area contributed by atoms with Crippen molar-refractivity contribution in [3.05, 3.63) is 86.9 Å².